The Morgan fingerprint density at radius 1 is 1.55 bits per heavy atom. The van der Waals surface area contributed by atoms with E-state index in [-0.39, 0.29) is 0 Å². The van der Waals surface area contributed by atoms with E-state index in [0.29, 0.717) is 0 Å². The van der Waals surface area contributed by atoms with Crippen LogP contribution >= 0.6 is 7.82 Å². The van der Waals surface area contributed by atoms with Gasteiger partial charge in [-0.3, -0.25) is 4.57 Å². The molecular formula is C5H16NO4P. The summed E-state index contributed by atoms with van der Waals surface area (Å²) in [7, 11) is -3.51. The molecule has 0 aromatic rings. The lowest BCUT2D eigenvalue weighted by Crippen LogP contribution is -2.82. The van der Waals surface area contributed by atoms with Crippen molar-refractivity contribution in [3.8, 4) is 0 Å². The van der Waals surface area contributed by atoms with Crippen molar-refractivity contribution in [2.45, 2.75) is 13.8 Å². The van der Waals surface area contributed by atoms with Gasteiger partial charge in [0, 0.05) is 7.11 Å². The molecule has 0 saturated heterocycles. The van der Waals surface area contributed by atoms with Crippen LogP contribution in [0.3, 0.4) is 0 Å². The Kier molecular flexibility index (Phi) is 10.1. The summed E-state index contributed by atoms with van der Waals surface area (Å²) in [6.45, 7) is 6.75. The summed E-state index contributed by atoms with van der Waals surface area (Å²) in [5.41, 5.74) is 0. The minimum atomic E-state index is -4.40. The molecule has 70 valence electrons. The zero-order valence-electron chi connectivity index (χ0n) is 7.11. The molecule has 0 aliphatic heterocycles. The van der Waals surface area contributed by atoms with Crippen LogP contribution in [0.15, 0.2) is 0 Å². The number of quaternary nitrogens is 1. The van der Waals surface area contributed by atoms with Crippen LogP contribution in [0, 0.1) is 0 Å². The Hall–Kier alpha value is 0.0700. The first-order valence-corrected chi connectivity index (χ1v) is 4.88. The number of phosphoric acid groups is 1. The minimum absolute atomic E-state index is 0.883. The Bertz CT molecular complexity index is 111. The van der Waals surface area contributed by atoms with Gasteiger partial charge in [0.2, 0.25) is 0 Å². The van der Waals surface area contributed by atoms with Gasteiger partial charge in [0.05, 0.1) is 13.1 Å². The summed E-state index contributed by atoms with van der Waals surface area (Å²) in [5, 5.41) is 2.25. The highest BCUT2D eigenvalue weighted by molar-refractivity contribution is 7.44. The molecule has 0 heterocycles. The lowest BCUT2D eigenvalue weighted by molar-refractivity contribution is -0.648. The van der Waals surface area contributed by atoms with Gasteiger partial charge in [-0.25, -0.2) is 0 Å². The van der Waals surface area contributed by atoms with Gasteiger partial charge in [0.1, 0.15) is 0 Å². The number of rotatable bonds is 3. The third kappa shape index (κ3) is 25.5. The van der Waals surface area contributed by atoms with E-state index in [1.54, 1.807) is 0 Å². The highest BCUT2D eigenvalue weighted by Crippen LogP contribution is 2.27. The summed E-state index contributed by atoms with van der Waals surface area (Å²) in [6, 6.07) is 0. The number of hydrogen-bond acceptors (Lipinski definition) is 3. The first-order valence-electron chi connectivity index (χ1n) is 3.39. The van der Waals surface area contributed by atoms with Gasteiger partial charge in [0.15, 0.2) is 0 Å². The van der Waals surface area contributed by atoms with Crippen molar-refractivity contribution in [1.82, 2.24) is 0 Å². The molecule has 1 unspecified atom stereocenters. The summed E-state index contributed by atoms with van der Waals surface area (Å²) >= 11 is 0. The Balaban J connectivity index is 0. The van der Waals surface area contributed by atoms with Crippen molar-refractivity contribution in [3.63, 3.8) is 0 Å². The van der Waals surface area contributed by atoms with E-state index in [1.807, 2.05) is 0 Å². The molecule has 0 radical (unpaired) electrons. The molecule has 0 aromatic heterocycles. The van der Waals surface area contributed by atoms with Gasteiger partial charge < -0.3 is 19.6 Å². The van der Waals surface area contributed by atoms with E-state index in [4.69, 9.17) is 4.89 Å². The summed E-state index contributed by atoms with van der Waals surface area (Å²) in [5.74, 6) is 0. The average molecular weight is 185 g/mol. The van der Waals surface area contributed by atoms with Crippen LogP contribution in [0.25, 0.3) is 0 Å². The minimum Gasteiger partial charge on any atom is -0.756 e. The van der Waals surface area contributed by atoms with Crippen LogP contribution in [0.1, 0.15) is 13.8 Å². The third-order valence-corrected chi connectivity index (χ3v) is 1.27. The molecule has 0 saturated carbocycles. The zero-order chi connectivity index (χ0) is 9.33. The van der Waals surface area contributed by atoms with Crippen LogP contribution < -0.4 is 10.2 Å². The topological polar surface area (TPSA) is 86.2 Å². The predicted molar refractivity (Wildman–Crippen MR) is 39.8 cm³/mol. The maximum atomic E-state index is 9.36. The highest BCUT2D eigenvalue weighted by atomic mass is 31.2. The second kappa shape index (κ2) is 8.17. The lowest BCUT2D eigenvalue weighted by Gasteiger charge is -2.09. The zero-order valence-corrected chi connectivity index (χ0v) is 8.01. The second-order valence-corrected chi connectivity index (χ2v) is 3.06. The fraction of sp³-hybridized carbons (Fsp3) is 1.00. The van der Waals surface area contributed by atoms with Crippen LogP contribution in [0.2, 0.25) is 0 Å². The smallest absolute Gasteiger partial charge is 0.264 e. The maximum absolute atomic E-state index is 9.36. The van der Waals surface area contributed by atoms with Crippen molar-refractivity contribution in [2.24, 2.45) is 0 Å². The van der Waals surface area contributed by atoms with Gasteiger partial charge >= 0.3 is 0 Å². The van der Waals surface area contributed by atoms with Crippen LogP contribution in [0.5, 0.6) is 0 Å². The molecule has 1 atom stereocenters. The monoisotopic (exact) mass is 185 g/mol. The first kappa shape index (κ1) is 13.6. The molecule has 0 aliphatic carbocycles. The molecule has 5 nitrogen and oxygen atoms in total. The van der Waals surface area contributed by atoms with Crippen LogP contribution in [0.4, 0.5) is 0 Å². The van der Waals surface area contributed by atoms with Crippen molar-refractivity contribution in [3.05, 3.63) is 0 Å². The van der Waals surface area contributed by atoms with E-state index in [1.165, 1.54) is 13.1 Å². The standard InChI is InChI=1S/C4H11N.CH5O4P/c1-3-5-4-2;1-5-6(2,3)4/h5H,3-4H2,1-2H3;1H3,(H2,2,3,4). The van der Waals surface area contributed by atoms with Gasteiger partial charge in [-0.2, -0.15) is 0 Å². The fourth-order valence-electron chi connectivity index (χ4n) is 0.289. The molecule has 0 spiro atoms. The quantitative estimate of drug-likeness (QED) is 0.534. The molecule has 0 bridgehead atoms. The third-order valence-electron chi connectivity index (χ3n) is 0.808. The Labute approximate surface area is 67.0 Å². The molecule has 0 fully saturated rings. The second-order valence-electron chi connectivity index (χ2n) is 1.76. The van der Waals surface area contributed by atoms with Gasteiger partial charge in [-0.15, -0.1) is 0 Å². The number of nitrogens with two attached hydrogens (primary N) is 1. The molecule has 0 aromatic carbocycles. The first-order chi connectivity index (χ1) is 4.97. The molecule has 11 heavy (non-hydrogen) atoms. The molecule has 6 heteroatoms. The normalized spacial score (nSPS) is 14.6. The van der Waals surface area contributed by atoms with E-state index in [2.05, 4.69) is 23.7 Å². The Morgan fingerprint density at radius 2 is 1.82 bits per heavy atom. The molecule has 0 amide bonds. The van der Waals surface area contributed by atoms with Crippen molar-refractivity contribution < 1.29 is 24.2 Å². The van der Waals surface area contributed by atoms with Crippen molar-refractivity contribution >= 4 is 7.82 Å². The molecule has 0 aliphatic rings. The summed E-state index contributed by atoms with van der Waals surface area (Å²) in [4.78, 5) is 17.0. The molecule has 3 N–H and O–H groups in total. The summed E-state index contributed by atoms with van der Waals surface area (Å²) < 4.78 is 12.9. The fourth-order valence-corrected chi connectivity index (χ4v) is 0.289. The van der Waals surface area contributed by atoms with E-state index in [0.717, 1.165) is 7.11 Å². The number of hydrogen-bond donors (Lipinski definition) is 2. The van der Waals surface area contributed by atoms with Crippen molar-refractivity contribution in [2.75, 3.05) is 20.2 Å². The maximum Gasteiger partial charge on any atom is 0.264 e. The molecular weight excluding hydrogens is 169 g/mol. The van der Waals surface area contributed by atoms with Gasteiger partial charge in [-0.1, -0.05) is 0 Å². The SMILES string of the molecule is CC[NH2+]CC.COP(=O)([O-])O. The highest BCUT2D eigenvalue weighted by Gasteiger charge is 1.91. The Morgan fingerprint density at radius 3 is 1.82 bits per heavy atom. The largest absolute Gasteiger partial charge is 0.756 e. The van der Waals surface area contributed by atoms with E-state index < -0.39 is 7.82 Å². The lowest BCUT2D eigenvalue weighted by atomic mass is 10.7. The number of phosphoric ester groups is 1. The van der Waals surface area contributed by atoms with Crippen LogP contribution in [-0.2, 0) is 9.09 Å². The predicted octanol–water partition coefficient (Wildman–Crippen LogP) is -1.32. The average Bonchev–Trinajstić information content (AvgIpc) is 1.90. The van der Waals surface area contributed by atoms with Gasteiger partial charge in [-0.05, 0) is 13.8 Å². The van der Waals surface area contributed by atoms with E-state index >= 15 is 0 Å². The van der Waals surface area contributed by atoms with Crippen molar-refractivity contribution in [1.29, 1.82) is 0 Å². The summed E-state index contributed by atoms with van der Waals surface area (Å²) in [6.07, 6.45) is 0. The molecule has 0 rings (SSSR count). The van der Waals surface area contributed by atoms with Crippen LogP contribution in [-0.4, -0.2) is 25.1 Å². The van der Waals surface area contributed by atoms with Gasteiger partial charge in [0.25, 0.3) is 7.82 Å². The van der Waals surface area contributed by atoms with E-state index in [9.17, 15) is 9.46 Å².